The molecule has 1 aliphatic heterocycles. The zero-order chi connectivity index (χ0) is 37.6. The summed E-state index contributed by atoms with van der Waals surface area (Å²) < 4.78 is 17.8. The number of rotatable bonds is 2. The van der Waals surface area contributed by atoms with Crippen molar-refractivity contribution in [2.45, 2.75) is 12.8 Å². The fourth-order valence-corrected chi connectivity index (χ4v) is 10.1. The molecule has 58 heavy (non-hydrogen) atoms. The second-order valence-electron chi connectivity index (χ2n) is 15.5. The maximum atomic E-state index is 6.57. The van der Waals surface area contributed by atoms with Crippen molar-refractivity contribution in [2.75, 3.05) is 0 Å². The molecular weight excluding hydrogens is 713 g/mol. The van der Waals surface area contributed by atoms with Crippen LogP contribution in [0.15, 0.2) is 161 Å². The van der Waals surface area contributed by atoms with E-state index < -0.39 is 0 Å². The number of benzene rings is 7. The molecule has 2 aliphatic rings. The minimum absolute atomic E-state index is 0.546. The van der Waals surface area contributed by atoms with Crippen molar-refractivity contribution in [1.29, 1.82) is 0 Å². The van der Waals surface area contributed by atoms with Gasteiger partial charge in [0, 0.05) is 61.0 Å². The highest BCUT2D eigenvalue weighted by molar-refractivity contribution is 6.22. The van der Waals surface area contributed by atoms with Gasteiger partial charge in [-0.05, 0) is 53.9 Å². The molecule has 0 saturated heterocycles. The fourth-order valence-electron chi connectivity index (χ4n) is 10.1. The van der Waals surface area contributed by atoms with Gasteiger partial charge in [0.2, 0.25) is 5.71 Å². The molecule has 1 aliphatic carbocycles. The van der Waals surface area contributed by atoms with Gasteiger partial charge >= 0.3 is 0 Å². The van der Waals surface area contributed by atoms with E-state index in [4.69, 9.17) is 18.8 Å². The molecule has 7 aromatic carbocycles. The van der Waals surface area contributed by atoms with E-state index in [0.29, 0.717) is 5.71 Å². The van der Waals surface area contributed by atoms with Crippen LogP contribution in [0.4, 0.5) is 0 Å². The van der Waals surface area contributed by atoms with Gasteiger partial charge in [0.1, 0.15) is 28.1 Å². The van der Waals surface area contributed by atoms with E-state index in [1.807, 2.05) is 18.2 Å². The Balaban J connectivity index is 1.15. The molecule has 6 nitrogen and oxygen atoms in total. The molecule has 6 heteroatoms. The SMILES string of the molecule is C1=Cc2c(oc3nc(-n4c5ccccc5c5cc6c(cc54)c4cccc5c4n6-c4ccccc4-c4ccccc4-5)c(-c4cccc5oc6ccccc6c45)nc23)CC1. The first-order chi connectivity index (χ1) is 28.8. The molecule has 0 saturated carbocycles. The number of aromatic nitrogens is 4. The van der Waals surface area contributed by atoms with Crippen LogP contribution in [0.3, 0.4) is 0 Å². The Morgan fingerprint density at radius 2 is 1.17 bits per heavy atom. The second-order valence-corrected chi connectivity index (χ2v) is 15.5. The number of hydrogen-bond acceptors (Lipinski definition) is 4. The van der Waals surface area contributed by atoms with Gasteiger partial charge in [0.25, 0.3) is 0 Å². The van der Waals surface area contributed by atoms with E-state index >= 15 is 0 Å². The number of aryl methyl sites for hydroxylation is 1. The Morgan fingerprint density at radius 1 is 0.500 bits per heavy atom. The topological polar surface area (TPSA) is 61.9 Å². The van der Waals surface area contributed by atoms with Crippen molar-refractivity contribution >= 4 is 82.9 Å². The third kappa shape index (κ3) is 3.86. The number of nitrogens with zero attached hydrogens (tertiary/aromatic N) is 4. The lowest BCUT2D eigenvalue weighted by Crippen LogP contribution is -2.03. The summed E-state index contributed by atoms with van der Waals surface area (Å²) in [5, 5.41) is 6.74. The first-order valence-electron chi connectivity index (χ1n) is 19.9. The first-order valence-corrected chi connectivity index (χ1v) is 19.9. The lowest BCUT2D eigenvalue weighted by Gasteiger charge is -2.14. The molecule has 0 bridgehead atoms. The van der Waals surface area contributed by atoms with Crippen molar-refractivity contribution in [3.05, 3.63) is 163 Å². The number of para-hydroxylation sites is 4. The molecule has 0 atom stereocenters. The highest BCUT2D eigenvalue weighted by Gasteiger charge is 2.28. The molecule has 270 valence electrons. The summed E-state index contributed by atoms with van der Waals surface area (Å²) in [7, 11) is 0. The number of fused-ring (bicyclic) bond motifs is 17. The molecule has 0 unspecified atom stereocenters. The van der Waals surface area contributed by atoms with Gasteiger partial charge in [-0.3, -0.25) is 4.57 Å². The quantitative estimate of drug-likeness (QED) is 0.177. The minimum atomic E-state index is 0.546. The zero-order valence-electron chi connectivity index (χ0n) is 31.0. The molecule has 5 aromatic heterocycles. The maximum absolute atomic E-state index is 6.57. The smallest absolute Gasteiger partial charge is 0.248 e. The summed E-state index contributed by atoms with van der Waals surface area (Å²) in [6.07, 6.45) is 6.10. The fraction of sp³-hybridized carbons (Fsp3) is 0.0385. The largest absolute Gasteiger partial charge is 0.456 e. The first kappa shape index (κ1) is 30.5. The molecule has 0 N–H and O–H groups in total. The van der Waals surface area contributed by atoms with E-state index in [1.54, 1.807) is 0 Å². The summed E-state index contributed by atoms with van der Waals surface area (Å²) in [5.74, 6) is 1.65. The minimum Gasteiger partial charge on any atom is -0.456 e. The number of allylic oxidation sites excluding steroid dienone is 1. The van der Waals surface area contributed by atoms with Crippen LogP contribution in [0.1, 0.15) is 17.7 Å². The molecule has 0 radical (unpaired) electrons. The molecule has 0 spiro atoms. The van der Waals surface area contributed by atoms with Crippen molar-refractivity contribution < 1.29 is 8.83 Å². The zero-order valence-corrected chi connectivity index (χ0v) is 31.0. The van der Waals surface area contributed by atoms with Crippen LogP contribution in [0.25, 0.3) is 128 Å². The normalized spacial score (nSPS) is 13.3. The van der Waals surface area contributed by atoms with Crippen molar-refractivity contribution in [3.8, 4) is 45.0 Å². The maximum Gasteiger partial charge on any atom is 0.248 e. The predicted molar refractivity (Wildman–Crippen MR) is 235 cm³/mol. The van der Waals surface area contributed by atoms with Crippen molar-refractivity contribution in [2.24, 2.45) is 0 Å². The van der Waals surface area contributed by atoms with Crippen LogP contribution in [0.5, 0.6) is 0 Å². The summed E-state index contributed by atoms with van der Waals surface area (Å²) in [4.78, 5) is 11.0. The summed E-state index contributed by atoms with van der Waals surface area (Å²) in [6, 6.07) is 52.3. The van der Waals surface area contributed by atoms with Crippen molar-refractivity contribution in [3.63, 3.8) is 0 Å². The van der Waals surface area contributed by atoms with Crippen LogP contribution in [0.2, 0.25) is 0 Å². The highest BCUT2D eigenvalue weighted by Crippen LogP contribution is 2.49. The Labute approximate surface area is 330 Å². The monoisotopic (exact) mass is 742 g/mol. The second kappa shape index (κ2) is 11.0. The molecule has 0 amide bonds. The standard InChI is InChI=1S/C52H30N4O2/c1-2-14-30-29(13-1)31-15-3-7-22-40(31)55-42-27-38-32-16-4-8-23-41(32)56(43(38)28-39(42)34-20-11-19-33(30)50(34)55)51-48(53-49-36-18-6-10-25-45(36)58-52(49)54-51)37-21-12-26-46-47(37)35-17-5-9-24-44(35)57-46/h1-9,11-24,26-28H,10,25H2. The Hall–Kier alpha value is -7.70. The van der Waals surface area contributed by atoms with Gasteiger partial charge in [-0.15, -0.1) is 0 Å². The summed E-state index contributed by atoms with van der Waals surface area (Å²) in [5.41, 5.74) is 16.4. The molecule has 6 heterocycles. The lowest BCUT2D eigenvalue weighted by molar-refractivity contribution is 0.536. The van der Waals surface area contributed by atoms with Gasteiger partial charge < -0.3 is 13.4 Å². The highest BCUT2D eigenvalue weighted by atomic mass is 16.3. The van der Waals surface area contributed by atoms with Gasteiger partial charge in [0.15, 0.2) is 5.82 Å². The molecule has 0 fully saturated rings. The predicted octanol–water partition coefficient (Wildman–Crippen LogP) is 13.6. The van der Waals surface area contributed by atoms with Crippen LogP contribution < -0.4 is 0 Å². The number of hydrogen-bond donors (Lipinski definition) is 0. The van der Waals surface area contributed by atoms with Crippen LogP contribution >= 0.6 is 0 Å². The van der Waals surface area contributed by atoms with E-state index in [1.165, 1.54) is 49.7 Å². The summed E-state index contributed by atoms with van der Waals surface area (Å²) >= 11 is 0. The van der Waals surface area contributed by atoms with Crippen LogP contribution in [-0.4, -0.2) is 19.1 Å². The molecule has 12 aromatic rings. The third-order valence-electron chi connectivity index (χ3n) is 12.5. The number of furan rings is 2. The van der Waals surface area contributed by atoms with E-state index in [-0.39, 0.29) is 0 Å². The molecular formula is C52H30N4O2. The van der Waals surface area contributed by atoms with Crippen LogP contribution in [0, 0.1) is 0 Å². The molecule has 14 rings (SSSR count). The van der Waals surface area contributed by atoms with E-state index in [9.17, 15) is 0 Å². The Bertz CT molecular complexity index is 3810. The van der Waals surface area contributed by atoms with Crippen molar-refractivity contribution in [1.82, 2.24) is 19.1 Å². The van der Waals surface area contributed by atoms with Crippen LogP contribution in [-0.2, 0) is 6.42 Å². The van der Waals surface area contributed by atoms with Gasteiger partial charge in [0.05, 0.1) is 27.8 Å². The Morgan fingerprint density at radius 3 is 2.09 bits per heavy atom. The van der Waals surface area contributed by atoms with Gasteiger partial charge in [-0.25, -0.2) is 4.98 Å². The van der Waals surface area contributed by atoms with E-state index in [0.717, 1.165) is 90.5 Å². The lowest BCUT2D eigenvalue weighted by atomic mass is 9.94. The van der Waals surface area contributed by atoms with E-state index in [2.05, 4.69) is 149 Å². The summed E-state index contributed by atoms with van der Waals surface area (Å²) in [6.45, 7) is 0. The third-order valence-corrected chi connectivity index (χ3v) is 12.5. The average molecular weight is 743 g/mol. The van der Waals surface area contributed by atoms with Gasteiger partial charge in [-0.2, -0.15) is 4.98 Å². The Kier molecular flexibility index (Phi) is 5.78. The van der Waals surface area contributed by atoms with Gasteiger partial charge in [-0.1, -0.05) is 121 Å². The average Bonchev–Trinajstić information content (AvgIpc) is 4.00.